The quantitative estimate of drug-likeness (QED) is 0.830. The molecule has 0 radical (unpaired) electrons. The molecule has 2 N–H and O–H groups in total. The molecule has 3 nitrogen and oxygen atoms in total. The van der Waals surface area contributed by atoms with Crippen LogP contribution in [-0.2, 0) is 4.79 Å². The highest BCUT2D eigenvalue weighted by Crippen LogP contribution is 2.27. The molecule has 5 heteroatoms. The monoisotopic (exact) mass is 364 g/mol. The van der Waals surface area contributed by atoms with Gasteiger partial charge in [-0.25, -0.2) is 0 Å². The van der Waals surface area contributed by atoms with E-state index in [1.54, 1.807) is 0 Å². The van der Waals surface area contributed by atoms with Gasteiger partial charge in [-0.05, 0) is 73.8 Å². The average Bonchev–Trinajstić information content (AvgIpc) is 2.57. The first kappa shape index (κ1) is 18.8. The number of nitrogens with one attached hydrogen (secondary N) is 2. The van der Waals surface area contributed by atoms with Gasteiger partial charge in [0.25, 0.3) is 0 Å². The molecule has 1 amide bonds. The Morgan fingerprint density at radius 1 is 1.12 bits per heavy atom. The summed E-state index contributed by atoms with van der Waals surface area (Å²) in [4.78, 5) is 12.4. The maximum atomic E-state index is 12.4. The Morgan fingerprint density at radius 3 is 2.50 bits per heavy atom. The number of hydrogen-bond acceptors (Lipinski definition) is 2. The van der Waals surface area contributed by atoms with Crippen molar-refractivity contribution in [3.05, 3.63) is 53.1 Å². The first-order chi connectivity index (χ1) is 11.1. The summed E-state index contributed by atoms with van der Waals surface area (Å²) in [5.41, 5.74) is 4.13. The van der Waals surface area contributed by atoms with Gasteiger partial charge in [0.05, 0.1) is 0 Å². The molecule has 0 aliphatic carbocycles. The van der Waals surface area contributed by atoms with Crippen molar-refractivity contribution in [1.82, 2.24) is 5.32 Å². The van der Waals surface area contributed by atoms with Crippen LogP contribution >= 0.6 is 24.0 Å². The zero-order chi connectivity index (χ0) is 16.2. The molecule has 1 fully saturated rings. The highest BCUT2D eigenvalue weighted by molar-refractivity contribution is 6.30. The normalized spacial score (nSPS) is 14.8. The lowest BCUT2D eigenvalue weighted by atomic mass is 9.96. The number of anilines is 1. The summed E-state index contributed by atoms with van der Waals surface area (Å²) in [7, 11) is 0. The fourth-order valence-electron chi connectivity index (χ4n) is 2.97. The zero-order valence-corrected chi connectivity index (χ0v) is 15.2. The summed E-state index contributed by atoms with van der Waals surface area (Å²) in [5, 5.41) is 7.09. The number of amides is 1. The molecule has 2 aromatic carbocycles. The largest absolute Gasteiger partial charge is 0.326 e. The second kappa shape index (κ2) is 8.52. The van der Waals surface area contributed by atoms with E-state index in [1.807, 2.05) is 43.3 Å². The van der Waals surface area contributed by atoms with Crippen LogP contribution in [0.3, 0.4) is 0 Å². The molecule has 3 rings (SSSR count). The van der Waals surface area contributed by atoms with Crippen molar-refractivity contribution in [2.24, 2.45) is 5.92 Å². The molecule has 1 aliphatic rings. The molecule has 24 heavy (non-hydrogen) atoms. The Kier molecular flexibility index (Phi) is 6.67. The van der Waals surface area contributed by atoms with Crippen molar-refractivity contribution in [3.63, 3.8) is 0 Å². The summed E-state index contributed by atoms with van der Waals surface area (Å²) in [6.07, 6.45) is 1.82. The van der Waals surface area contributed by atoms with Gasteiger partial charge in [-0.15, -0.1) is 12.4 Å². The van der Waals surface area contributed by atoms with Crippen molar-refractivity contribution >= 4 is 35.6 Å². The summed E-state index contributed by atoms with van der Waals surface area (Å²) < 4.78 is 0. The fourth-order valence-corrected chi connectivity index (χ4v) is 3.16. The molecule has 0 saturated carbocycles. The number of rotatable bonds is 3. The number of hydrogen-bond donors (Lipinski definition) is 2. The predicted octanol–water partition coefficient (Wildman–Crippen LogP) is 4.68. The third kappa shape index (κ3) is 4.50. The Bertz CT molecular complexity index is 712. The van der Waals surface area contributed by atoms with Crippen molar-refractivity contribution in [2.45, 2.75) is 19.8 Å². The first-order valence-corrected chi connectivity index (χ1v) is 8.39. The van der Waals surface area contributed by atoms with Crippen LogP contribution in [0.4, 0.5) is 5.69 Å². The van der Waals surface area contributed by atoms with Crippen LogP contribution in [0.25, 0.3) is 11.1 Å². The molecule has 2 aromatic rings. The summed E-state index contributed by atoms with van der Waals surface area (Å²) in [6.45, 7) is 3.86. The van der Waals surface area contributed by atoms with Crippen LogP contribution in [0.15, 0.2) is 42.5 Å². The third-order valence-electron chi connectivity index (χ3n) is 4.35. The van der Waals surface area contributed by atoms with Crippen LogP contribution in [0.5, 0.6) is 0 Å². The molecule has 1 heterocycles. The predicted molar refractivity (Wildman–Crippen MR) is 103 cm³/mol. The van der Waals surface area contributed by atoms with Gasteiger partial charge in [0.2, 0.25) is 5.91 Å². The Morgan fingerprint density at radius 2 is 1.83 bits per heavy atom. The van der Waals surface area contributed by atoms with Gasteiger partial charge in [0.15, 0.2) is 0 Å². The molecule has 0 unspecified atom stereocenters. The number of benzene rings is 2. The van der Waals surface area contributed by atoms with Crippen molar-refractivity contribution in [3.8, 4) is 11.1 Å². The number of piperidine rings is 1. The van der Waals surface area contributed by atoms with Crippen LogP contribution < -0.4 is 10.6 Å². The minimum atomic E-state index is 0. The number of aryl methyl sites for hydroxylation is 1. The molecule has 1 aliphatic heterocycles. The molecule has 0 spiro atoms. The van der Waals surface area contributed by atoms with E-state index in [-0.39, 0.29) is 24.2 Å². The standard InChI is InChI=1S/C19H21ClN2O.ClH/c1-13-11-16(15-3-2-4-17(20)12-15)5-6-18(13)22-19(23)14-7-9-21-10-8-14;/h2-6,11-12,14,21H,7-10H2,1H3,(H,22,23);1H. The summed E-state index contributed by atoms with van der Waals surface area (Å²) >= 11 is 6.06. The van der Waals surface area contributed by atoms with Gasteiger partial charge in [-0.3, -0.25) is 4.79 Å². The van der Waals surface area contributed by atoms with Crippen LogP contribution in [0.1, 0.15) is 18.4 Å². The highest BCUT2D eigenvalue weighted by Gasteiger charge is 2.21. The molecule has 1 saturated heterocycles. The molecular formula is C19H22Cl2N2O. The highest BCUT2D eigenvalue weighted by atomic mass is 35.5. The molecule has 0 bridgehead atoms. The van der Waals surface area contributed by atoms with Crippen LogP contribution in [0.2, 0.25) is 5.02 Å². The first-order valence-electron chi connectivity index (χ1n) is 8.01. The third-order valence-corrected chi connectivity index (χ3v) is 4.59. The van der Waals surface area contributed by atoms with Crippen molar-refractivity contribution in [2.75, 3.05) is 18.4 Å². The molecule has 128 valence electrons. The van der Waals surface area contributed by atoms with Crippen LogP contribution in [-0.4, -0.2) is 19.0 Å². The topological polar surface area (TPSA) is 41.1 Å². The maximum Gasteiger partial charge on any atom is 0.227 e. The number of halogens is 2. The van der Waals surface area contributed by atoms with Crippen molar-refractivity contribution < 1.29 is 4.79 Å². The van der Waals surface area contributed by atoms with E-state index in [9.17, 15) is 4.79 Å². The van der Waals surface area contributed by atoms with E-state index in [4.69, 9.17) is 11.6 Å². The van der Waals surface area contributed by atoms with Gasteiger partial charge in [-0.1, -0.05) is 29.8 Å². The van der Waals surface area contributed by atoms with E-state index in [0.717, 1.165) is 53.3 Å². The van der Waals surface area contributed by atoms with E-state index in [2.05, 4.69) is 16.7 Å². The minimum Gasteiger partial charge on any atom is -0.326 e. The van der Waals surface area contributed by atoms with E-state index in [0.29, 0.717) is 0 Å². The number of carbonyl (C=O) groups is 1. The van der Waals surface area contributed by atoms with E-state index < -0.39 is 0 Å². The fraction of sp³-hybridized carbons (Fsp3) is 0.316. The van der Waals surface area contributed by atoms with E-state index in [1.165, 1.54) is 0 Å². The molecule has 0 aromatic heterocycles. The average molecular weight is 365 g/mol. The minimum absolute atomic E-state index is 0. The Balaban J connectivity index is 0.00000208. The second-order valence-electron chi connectivity index (χ2n) is 6.05. The molecule has 0 atom stereocenters. The smallest absolute Gasteiger partial charge is 0.227 e. The van der Waals surface area contributed by atoms with Gasteiger partial charge in [0.1, 0.15) is 0 Å². The summed E-state index contributed by atoms with van der Waals surface area (Å²) in [6, 6.07) is 13.9. The summed E-state index contributed by atoms with van der Waals surface area (Å²) in [5.74, 6) is 0.244. The second-order valence-corrected chi connectivity index (χ2v) is 6.49. The lowest BCUT2D eigenvalue weighted by Crippen LogP contribution is -2.34. The maximum absolute atomic E-state index is 12.4. The lowest BCUT2D eigenvalue weighted by Gasteiger charge is -2.22. The van der Waals surface area contributed by atoms with Crippen molar-refractivity contribution in [1.29, 1.82) is 0 Å². The van der Waals surface area contributed by atoms with E-state index >= 15 is 0 Å². The van der Waals surface area contributed by atoms with Crippen LogP contribution in [0, 0.1) is 12.8 Å². The van der Waals surface area contributed by atoms with Gasteiger partial charge < -0.3 is 10.6 Å². The van der Waals surface area contributed by atoms with Gasteiger partial charge in [0, 0.05) is 16.6 Å². The van der Waals surface area contributed by atoms with Gasteiger partial charge in [-0.2, -0.15) is 0 Å². The lowest BCUT2D eigenvalue weighted by molar-refractivity contribution is -0.120. The SMILES string of the molecule is Cc1cc(-c2cccc(Cl)c2)ccc1NC(=O)C1CCNCC1.Cl. The Labute approximate surface area is 154 Å². The van der Waals surface area contributed by atoms with Gasteiger partial charge >= 0.3 is 0 Å². The Hall–Kier alpha value is -1.55. The zero-order valence-electron chi connectivity index (χ0n) is 13.6. The molecular weight excluding hydrogens is 343 g/mol. The number of carbonyl (C=O) groups excluding carboxylic acids is 1.